The maximum Gasteiger partial charge on any atom is 0.335 e. The summed E-state index contributed by atoms with van der Waals surface area (Å²) in [5.41, 5.74) is 0.754. The lowest BCUT2D eigenvalue weighted by Crippen LogP contribution is -2.27. The molecule has 0 aromatic carbocycles. The predicted molar refractivity (Wildman–Crippen MR) is 50.6 cm³/mol. The van der Waals surface area contributed by atoms with Gasteiger partial charge < -0.3 is 9.67 Å². The zero-order valence-corrected chi connectivity index (χ0v) is 7.69. The third kappa shape index (κ3) is 1.43. The number of hydrogen-bond acceptors (Lipinski definition) is 2. The first-order valence-electron chi connectivity index (χ1n) is 4.65. The quantitative estimate of drug-likeness (QED) is 0.720. The van der Waals surface area contributed by atoms with E-state index in [9.17, 15) is 9.59 Å². The van der Waals surface area contributed by atoms with Crippen molar-refractivity contribution < 1.29 is 9.90 Å². The van der Waals surface area contributed by atoms with E-state index >= 15 is 0 Å². The van der Waals surface area contributed by atoms with E-state index in [-0.39, 0.29) is 11.1 Å². The Kier molecular flexibility index (Phi) is 2.11. The maximum absolute atomic E-state index is 11.5. The van der Waals surface area contributed by atoms with Crippen LogP contribution < -0.4 is 5.56 Å². The normalized spacial score (nSPS) is 14.9. The minimum atomic E-state index is -1.03. The maximum atomic E-state index is 11.5. The molecule has 0 amide bonds. The molecule has 0 saturated heterocycles. The molecular formula is C10H11NO3. The van der Waals surface area contributed by atoms with Crippen LogP contribution in [-0.4, -0.2) is 15.6 Å². The Morgan fingerprint density at radius 3 is 2.86 bits per heavy atom. The second-order valence-corrected chi connectivity index (χ2v) is 3.49. The highest BCUT2D eigenvalue weighted by molar-refractivity contribution is 5.87. The van der Waals surface area contributed by atoms with E-state index < -0.39 is 5.97 Å². The molecule has 0 aliphatic carbocycles. The number of fused-ring (bicyclic) bond motifs is 1. The second-order valence-electron chi connectivity index (χ2n) is 3.49. The summed E-state index contributed by atoms with van der Waals surface area (Å²) in [6.07, 6.45) is 2.83. The van der Waals surface area contributed by atoms with Gasteiger partial charge in [0.15, 0.2) is 0 Å². The Bertz CT molecular complexity index is 433. The highest BCUT2D eigenvalue weighted by atomic mass is 16.4. The average molecular weight is 193 g/mol. The molecule has 1 aromatic heterocycles. The number of aromatic nitrogens is 1. The zero-order valence-electron chi connectivity index (χ0n) is 7.69. The number of hydrogen-bond donors (Lipinski definition) is 1. The molecular weight excluding hydrogens is 182 g/mol. The Hall–Kier alpha value is -1.58. The Labute approximate surface area is 80.8 Å². The van der Waals surface area contributed by atoms with Crippen LogP contribution in [0.15, 0.2) is 16.9 Å². The molecule has 0 saturated carbocycles. The van der Waals surface area contributed by atoms with Crippen molar-refractivity contribution >= 4 is 5.97 Å². The van der Waals surface area contributed by atoms with Crippen molar-refractivity contribution in [3.05, 3.63) is 33.7 Å². The lowest BCUT2D eigenvalue weighted by atomic mass is 10.1. The smallest absolute Gasteiger partial charge is 0.335 e. The molecule has 14 heavy (non-hydrogen) atoms. The second kappa shape index (κ2) is 3.29. The molecule has 1 aliphatic rings. The minimum absolute atomic E-state index is 0.100. The summed E-state index contributed by atoms with van der Waals surface area (Å²) in [6.45, 7) is 0.716. The van der Waals surface area contributed by atoms with Gasteiger partial charge in [0.1, 0.15) is 0 Å². The Morgan fingerprint density at radius 2 is 2.14 bits per heavy atom. The van der Waals surface area contributed by atoms with Crippen LogP contribution in [-0.2, 0) is 13.0 Å². The van der Waals surface area contributed by atoms with Crippen LogP contribution >= 0.6 is 0 Å². The van der Waals surface area contributed by atoms with Gasteiger partial charge in [-0.2, -0.15) is 0 Å². The monoisotopic (exact) mass is 193 g/mol. The molecule has 0 radical (unpaired) electrons. The molecule has 4 nitrogen and oxygen atoms in total. The number of carboxylic acid groups (broad SMARTS) is 1. The van der Waals surface area contributed by atoms with Gasteiger partial charge in [-0.15, -0.1) is 0 Å². The van der Waals surface area contributed by atoms with Crippen LogP contribution in [0.2, 0.25) is 0 Å². The van der Waals surface area contributed by atoms with Crippen LogP contribution in [0.1, 0.15) is 28.9 Å². The third-order valence-electron chi connectivity index (χ3n) is 2.53. The minimum Gasteiger partial charge on any atom is -0.478 e. The molecule has 1 N–H and O–H groups in total. The number of carboxylic acids is 1. The number of nitrogens with zero attached hydrogens (tertiary/aromatic N) is 1. The van der Waals surface area contributed by atoms with Gasteiger partial charge >= 0.3 is 5.97 Å². The highest BCUT2D eigenvalue weighted by Crippen LogP contribution is 2.13. The molecule has 0 fully saturated rings. The van der Waals surface area contributed by atoms with E-state index in [2.05, 4.69) is 0 Å². The SMILES string of the molecule is O=C(O)c1cc2n(c(=O)c1)CCCC2. The van der Waals surface area contributed by atoms with Gasteiger partial charge in [-0.3, -0.25) is 4.79 Å². The van der Waals surface area contributed by atoms with Crippen LogP contribution in [0.4, 0.5) is 0 Å². The fraction of sp³-hybridized carbons (Fsp3) is 0.400. The van der Waals surface area contributed by atoms with Crippen molar-refractivity contribution in [1.82, 2.24) is 4.57 Å². The summed E-state index contributed by atoms with van der Waals surface area (Å²) < 4.78 is 1.66. The zero-order chi connectivity index (χ0) is 10.1. The molecule has 0 unspecified atom stereocenters. The van der Waals surface area contributed by atoms with E-state index in [1.54, 1.807) is 10.6 Å². The molecule has 1 aromatic rings. The number of pyridine rings is 1. The molecule has 74 valence electrons. The van der Waals surface area contributed by atoms with Gasteiger partial charge in [-0.25, -0.2) is 4.79 Å². The van der Waals surface area contributed by atoms with Crippen LogP contribution in [0.5, 0.6) is 0 Å². The van der Waals surface area contributed by atoms with E-state index in [1.807, 2.05) is 0 Å². The fourth-order valence-electron chi connectivity index (χ4n) is 1.81. The number of rotatable bonds is 1. The first kappa shape index (κ1) is 8.99. The van der Waals surface area contributed by atoms with E-state index in [1.165, 1.54) is 6.07 Å². The van der Waals surface area contributed by atoms with Gasteiger partial charge in [-0.05, 0) is 25.3 Å². The summed E-state index contributed by atoms with van der Waals surface area (Å²) in [5.74, 6) is -1.03. The molecule has 0 spiro atoms. The lowest BCUT2D eigenvalue weighted by Gasteiger charge is -2.17. The van der Waals surface area contributed by atoms with Gasteiger partial charge in [0, 0.05) is 18.3 Å². The standard InChI is InChI=1S/C10H11NO3/c12-9-6-7(10(13)14)5-8-3-1-2-4-11(8)9/h5-6H,1-4H2,(H,13,14). The van der Waals surface area contributed by atoms with Crippen LogP contribution in [0.25, 0.3) is 0 Å². The summed E-state index contributed by atoms with van der Waals surface area (Å²) in [6, 6.07) is 2.79. The van der Waals surface area contributed by atoms with Gasteiger partial charge in [0.25, 0.3) is 5.56 Å². The van der Waals surface area contributed by atoms with Crippen LogP contribution in [0.3, 0.4) is 0 Å². The van der Waals surface area contributed by atoms with Gasteiger partial charge in [0.05, 0.1) is 5.56 Å². The summed E-state index contributed by atoms with van der Waals surface area (Å²) in [4.78, 5) is 22.2. The highest BCUT2D eigenvalue weighted by Gasteiger charge is 2.13. The van der Waals surface area contributed by atoms with Gasteiger partial charge in [-0.1, -0.05) is 0 Å². The molecule has 0 atom stereocenters. The van der Waals surface area contributed by atoms with Crippen molar-refractivity contribution in [2.75, 3.05) is 0 Å². The molecule has 0 bridgehead atoms. The average Bonchev–Trinajstić information content (AvgIpc) is 2.17. The Balaban J connectivity index is 2.57. The molecule has 2 rings (SSSR count). The number of aryl methyl sites for hydroxylation is 1. The third-order valence-corrected chi connectivity index (χ3v) is 2.53. The lowest BCUT2D eigenvalue weighted by molar-refractivity contribution is 0.0696. The van der Waals surface area contributed by atoms with Crippen molar-refractivity contribution in [3.63, 3.8) is 0 Å². The summed E-state index contributed by atoms with van der Waals surface area (Å²) in [5, 5.41) is 8.76. The number of aromatic carboxylic acids is 1. The topological polar surface area (TPSA) is 59.3 Å². The van der Waals surface area contributed by atoms with E-state index in [4.69, 9.17) is 5.11 Å². The first-order chi connectivity index (χ1) is 6.68. The molecule has 2 heterocycles. The van der Waals surface area contributed by atoms with Crippen molar-refractivity contribution in [2.24, 2.45) is 0 Å². The van der Waals surface area contributed by atoms with Crippen molar-refractivity contribution in [3.8, 4) is 0 Å². The van der Waals surface area contributed by atoms with Crippen molar-refractivity contribution in [2.45, 2.75) is 25.8 Å². The molecule has 1 aliphatic heterocycles. The van der Waals surface area contributed by atoms with E-state index in [0.29, 0.717) is 6.54 Å². The number of carbonyl (C=O) groups is 1. The summed E-state index contributed by atoms with van der Waals surface area (Å²) in [7, 11) is 0. The van der Waals surface area contributed by atoms with Gasteiger partial charge in [0.2, 0.25) is 0 Å². The van der Waals surface area contributed by atoms with Crippen LogP contribution in [0, 0.1) is 0 Å². The van der Waals surface area contributed by atoms with E-state index in [0.717, 1.165) is 25.0 Å². The van der Waals surface area contributed by atoms with Crippen molar-refractivity contribution in [1.29, 1.82) is 0 Å². The Morgan fingerprint density at radius 1 is 1.36 bits per heavy atom. The predicted octanol–water partition coefficient (Wildman–Crippen LogP) is 0.883. The largest absolute Gasteiger partial charge is 0.478 e. The fourth-order valence-corrected chi connectivity index (χ4v) is 1.81. The summed E-state index contributed by atoms with van der Waals surface area (Å²) >= 11 is 0. The molecule has 4 heteroatoms. The first-order valence-corrected chi connectivity index (χ1v) is 4.65.